The number of benzene rings is 1. The number of pyridine rings is 1. The normalized spacial score (nSPS) is 18.7. The van der Waals surface area contributed by atoms with Crippen LogP contribution in [0.2, 0.25) is 0 Å². The lowest BCUT2D eigenvalue weighted by Crippen LogP contribution is -2.32. The summed E-state index contributed by atoms with van der Waals surface area (Å²) in [5.41, 5.74) is 5.43. The molecule has 0 spiro atoms. The Bertz CT molecular complexity index is 937. The van der Waals surface area contributed by atoms with E-state index < -0.39 is 0 Å². The second-order valence-electron chi connectivity index (χ2n) is 7.14. The zero-order valence-corrected chi connectivity index (χ0v) is 13.5. The smallest absolute Gasteiger partial charge is 0.0914 e. The van der Waals surface area contributed by atoms with Crippen molar-refractivity contribution in [2.75, 3.05) is 0 Å². The van der Waals surface area contributed by atoms with E-state index >= 15 is 0 Å². The van der Waals surface area contributed by atoms with E-state index in [0.717, 1.165) is 39.1 Å². The van der Waals surface area contributed by atoms with Gasteiger partial charge in [-0.2, -0.15) is 4.73 Å². The molecule has 0 fully saturated rings. The first-order valence-electron chi connectivity index (χ1n) is 7.76. The summed E-state index contributed by atoms with van der Waals surface area (Å²) in [5.74, 6) is 0. The molecule has 0 atom stereocenters. The Kier molecular flexibility index (Phi) is 2.73. The third-order valence-electron chi connectivity index (χ3n) is 4.80. The number of rotatable bonds is 0. The maximum atomic E-state index is 10.7. The van der Waals surface area contributed by atoms with Crippen LogP contribution in [0.5, 0.6) is 0 Å². The first kappa shape index (κ1) is 14.1. The zero-order chi connectivity index (χ0) is 16.4. The van der Waals surface area contributed by atoms with E-state index in [2.05, 4.69) is 19.0 Å². The van der Waals surface area contributed by atoms with Crippen LogP contribution in [-0.4, -0.2) is 25.8 Å². The molecule has 1 aromatic rings. The van der Waals surface area contributed by atoms with Crippen LogP contribution in [0.4, 0.5) is 0 Å². The molecule has 118 valence electrons. The number of hydrogen-bond acceptors (Lipinski definition) is 4. The monoisotopic (exact) mass is 309 g/mol. The number of hydrogen-bond donors (Lipinski definition) is 2. The molecule has 0 amide bonds. The number of fused-ring (bicyclic) bond motifs is 5. The molecule has 23 heavy (non-hydrogen) atoms. The van der Waals surface area contributed by atoms with Crippen molar-refractivity contribution in [3.8, 4) is 11.3 Å². The van der Waals surface area contributed by atoms with E-state index in [9.17, 15) is 10.4 Å². The lowest BCUT2D eigenvalue weighted by Gasteiger charge is -2.34. The molecule has 1 aliphatic carbocycles. The van der Waals surface area contributed by atoms with Gasteiger partial charge in [0.25, 0.3) is 0 Å². The summed E-state index contributed by atoms with van der Waals surface area (Å²) < 4.78 is 1.25. The third kappa shape index (κ3) is 1.86. The first-order valence-corrected chi connectivity index (χ1v) is 7.76. The van der Waals surface area contributed by atoms with E-state index in [0.29, 0.717) is 18.6 Å². The highest BCUT2D eigenvalue weighted by Gasteiger charge is 2.37. The molecule has 5 heteroatoms. The summed E-state index contributed by atoms with van der Waals surface area (Å²) in [6.45, 7) is 6.11. The topological polar surface area (TPSA) is 70.6 Å². The summed E-state index contributed by atoms with van der Waals surface area (Å²) >= 11 is 0. The highest BCUT2D eigenvalue weighted by atomic mass is 16.5. The van der Waals surface area contributed by atoms with E-state index in [1.54, 1.807) is 0 Å². The maximum absolute atomic E-state index is 10.7. The lowest BCUT2D eigenvalue weighted by atomic mass is 9.74. The average Bonchev–Trinajstić information content (AvgIpc) is 2.90. The Morgan fingerprint density at radius 2 is 1.91 bits per heavy atom. The first-order chi connectivity index (χ1) is 10.9. The van der Waals surface area contributed by atoms with Gasteiger partial charge in [0.15, 0.2) is 0 Å². The highest BCUT2D eigenvalue weighted by molar-refractivity contribution is 6.11. The van der Waals surface area contributed by atoms with Crippen molar-refractivity contribution in [3.63, 3.8) is 0 Å². The van der Waals surface area contributed by atoms with Crippen LogP contribution in [0.25, 0.3) is 22.2 Å². The Hall–Kier alpha value is -2.56. The molecule has 2 heterocycles. The molecule has 0 bridgehead atoms. The SMILES string of the molecule is Cc1c2c3ccccc3nc-2c2c(n1O)CC(C)(C)CC2=NO. The van der Waals surface area contributed by atoms with Crippen LogP contribution < -0.4 is 0 Å². The van der Waals surface area contributed by atoms with Gasteiger partial charge in [-0.05, 0) is 31.2 Å². The predicted octanol–water partition coefficient (Wildman–Crippen LogP) is 3.84. The minimum Gasteiger partial charge on any atom is -0.428 e. The predicted molar refractivity (Wildman–Crippen MR) is 88.7 cm³/mol. The quantitative estimate of drug-likeness (QED) is 0.376. The molecule has 3 aliphatic rings. The summed E-state index contributed by atoms with van der Waals surface area (Å²) in [5, 5.41) is 24.8. The van der Waals surface area contributed by atoms with Crippen molar-refractivity contribution in [1.29, 1.82) is 0 Å². The molecule has 0 radical (unpaired) electrons. The van der Waals surface area contributed by atoms with Gasteiger partial charge in [-0.25, -0.2) is 4.98 Å². The molecule has 0 saturated carbocycles. The fourth-order valence-electron chi connectivity index (χ4n) is 3.79. The molecule has 0 unspecified atom stereocenters. The van der Waals surface area contributed by atoms with Crippen LogP contribution in [-0.2, 0) is 6.42 Å². The molecule has 5 nitrogen and oxygen atoms in total. The fraction of sp³-hybridized carbons (Fsp3) is 0.333. The molecule has 1 aromatic carbocycles. The van der Waals surface area contributed by atoms with Crippen molar-refractivity contribution in [1.82, 2.24) is 9.71 Å². The number of nitrogens with zero attached hydrogens (tertiary/aromatic N) is 3. The lowest BCUT2D eigenvalue weighted by molar-refractivity contribution is 0.158. The summed E-state index contributed by atoms with van der Waals surface area (Å²) in [6, 6.07) is 7.89. The van der Waals surface area contributed by atoms with Crippen molar-refractivity contribution < 1.29 is 10.4 Å². The van der Waals surface area contributed by atoms with E-state index in [4.69, 9.17) is 4.98 Å². The van der Waals surface area contributed by atoms with Crippen LogP contribution in [0, 0.1) is 12.3 Å². The largest absolute Gasteiger partial charge is 0.428 e. The van der Waals surface area contributed by atoms with Gasteiger partial charge in [-0.3, -0.25) is 0 Å². The molecular weight excluding hydrogens is 290 g/mol. The van der Waals surface area contributed by atoms with Gasteiger partial charge in [0, 0.05) is 16.5 Å². The number of aromatic nitrogens is 2. The van der Waals surface area contributed by atoms with Crippen molar-refractivity contribution >= 4 is 16.6 Å². The highest BCUT2D eigenvalue weighted by Crippen LogP contribution is 2.43. The summed E-state index contributed by atoms with van der Waals surface area (Å²) in [7, 11) is 0. The van der Waals surface area contributed by atoms with E-state index in [1.165, 1.54) is 4.73 Å². The number of para-hydroxylation sites is 1. The molecule has 0 saturated heterocycles. The van der Waals surface area contributed by atoms with Crippen molar-refractivity contribution in [2.45, 2.75) is 33.6 Å². The number of oxime groups is 1. The van der Waals surface area contributed by atoms with Crippen LogP contribution in [0.3, 0.4) is 0 Å². The van der Waals surface area contributed by atoms with E-state index in [-0.39, 0.29) is 5.41 Å². The van der Waals surface area contributed by atoms with Crippen molar-refractivity contribution in [3.05, 3.63) is 41.2 Å². The third-order valence-corrected chi connectivity index (χ3v) is 4.80. The molecule has 2 N–H and O–H groups in total. The second kappa shape index (κ2) is 4.47. The molecule has 0 aromatic heterocycles. The standard InChI is InChI=1S/C18H19N3O2/c1-10-15-11-6-4-5-7-12(11)19-17(15)16-13(20-22)8-18(2,3)9-14(16)21(10)23/h4-7,22-23H,8-9H2,1-3H3. The Morgan fingerprint density at radius 1 is 1.17 bits per heavy atom. The summed E-state index contributed by atoms with van der Waals surface area (Å²) in [6.07, 6.45) is 1.36. The molecule has 2 aliphatic heterocycles. The van der Waals surface area contributed by atoms with Gasteiger partial charge in [0.1, 0.15) is 0 Å². The van der Waals surface area contributed by atoms with Gasteiger partial charge >= 0.3 is 0 Å². The van der Waals surface area contributed by atoms with Crippen LogP contribution in [0.1, 0.15) is 37.2 Å². The van der Waals surface area contributed by atoms with Gasteiger partial charge in [0.05, 0.1) is 28.3 Å². The Balaban J connectivity index is 2.18. The van der Waals surface area contributed by atoms with Gasteiger partial charge in [-0.15, -0.1) is 0 Å². The average molecular weight is 309 g/mol. The van der Waals surface area contributed by atoms with Gasteiger partial charge in [0.2, 0.25) is 0 Å². The molecular formula is C18H19N3O2. The molecule has 4 rings (SSSR count). The Morgan fingerprint density at radius 3 is 2.65 bits per heavy atom. The zero-order valence-electron chi connectivity index (χ0n) is 13.5. The van der Waals surface area contributed by atoms with Crippen LogP contribution in [0.15, 0.2) is 29.4 Å². The Labute approximate surface area is 134 Å². The maximum Gasteiger partial charge on any atom is 0.0914 e. The summed E-state index contributed by atoms with van der Waals surface area (Å²) in [4.78, 5) is 4.76. The minimum absolute atomic E-state index is 0.0782. The van der Waals surface area contributed by atoms with Gasteiger partial charge in [-0.1, -0.05) is 37.2 Å². The van der Waals surface area contributed by atoms with Crippen LogP contribution >= 0.6 is 0 Å². The van der Waals surface area contributed by atoms with E-state index in [1.807, 2.05) is 31.2 Å². The fourth-order valence-corrected chi connectivity index (χ4v) is 3.79. The second-order valence-corrected chi connectivity index (χ2v) is 7.14. The minimum atomic E-state index is -0.0782. The van der Waals surface area contributed by atoms with Gasteiger partial charge < -0.3 is 10.4 Å². The van der Waals surface area contributed by atoms with Crippen molar-refractivity contribution in [2.24, 2.45) is 10.6 Å².